The zero-order chi connectivity index (χ0) is 21.0. The SMILES string of the molecule is CCCCn1c(SCC(=O)c2ccc(C)c([N+](=O)[O-])c2)nc2ccccc2c1=O. The lowest BCUT2D eigenvalue weighted by Gasteiger charge is -2.12. The van der Waals surface area contributed by atoms with Crippen LogP contribution < -0.4 is 5.56 Å². The molecule has 0 aliphatic carbocycles. The highest BCUT2D eigenvalue weighted by atomic mass is 32.2. The van der Waals surface area contributed by atoms with Crippen LogP contribution in [0.3, 0.4) is 0 Å². The summed E-state index contributed by atoms with van der Waals surface area (Å²) in [6.45, 7) is 4.20. The Morgan fingerprint density at radius 1 is 1.24 bits per heavy atom. The van der Waals surface area contributed by atoms with E-state index in [1.807, 2.05) is 13.0 Å². The summed E-state index contributed by atoms with van der Waals surface area (Å²) in [5.41, 5.74) is 1.17. The first kappa shape index (κ1) is 20.7. The minimum atomic E-state index is -0.493. The summed E-state index contributed by atoms with van der Waals surface area (Å²) >= 11 is 1.18. The number of benzene rings is 2. The number of aryl methyl sites for hydroxylation is 1. The zero-order valence-electron chi connectivity index (χ0n) is 16.3. The number of Topliss-reactive ketones (excluding diaryl/α,β-unsaturated/α-hetero) is 1. The molecular formula is C21H21N3O4S. The van der Waals surface area contributed by atoms with Crippen molar-refractivity contribution in [3.8, 4) is 0 Å². The highest BCUT2D eigenvalue weighted by molar-refractivity contribution is 7.99. The fourth-order valence-electron chi connectivity index (χ4n) is 2.96. The number of ketones is 1. The monoisotopic (exact) mass is 411 g/mol. The molecule has 3 aromatic rings. The van der Waals surface area contributed by atoms with Crippen LogP contribution in [0.15, 0.2) is 52.4 Å². The van der Waals surface area contributed by atoms with E-state index >= 15 is 0 Å². The van der Waals surface area contributed by atoms with Crippen molar-refractivity contribution in [1.29, 1.82) is 0 Å². The number of aromatic nitrogens is 2. The van der Waals surface area contributed by atoms with E-state index in [9.17, 15) is 19.7 Å². The number of nitrogens with zero attached hydrogens (tertiary/aromatic N) is 3. The van der Waals surface area contributed by atoms with Crippen LogP contribution in [0, 0.1) is 17.0 Å². The first-order chi connectivity index (χ1) is 13.9. The van der Waals surface area contributed by atoms with Crippen molar-refractivity contribution in [3.63, 3.8) is 0 Å². The predicted octanol–water partition coefficient (Wildman–Crippen LogP) is 4.39. The van der Waals surface area contributed by atoms with E-state index in [2.05, 4.69) is 4.98 Å². The van der Waals surface area contributed by atoms with Crippen LogP contribution in [0.25, 0.3) is 10.9 Å². The molecule has 0 radical (unpaired) electrons. The van der Waals surface area contributed by atoms with Crippen LogP contribution in [-0.4, -0.2) is 26.0 Å². The number of fused-ring (bicyclic) bond motifs is 1. The molecule has 0 aliphatic rings. The summed E-state index contributed by atoms with van der Waals surface area (Å²) in [5, 5.41) is 12.2. The normalized spacial score (nSPS) is 11.0. The van der Waals surface area contributed by atoms with Gasteiger partial charge in [-0.2, -0.15) is 0 Å². The molecule has 0 fully saturated rings. The third-order valence-corrected chi connectivity index (χ3v) is 5.60. The van der Waals surface area contributed by atoms with Gasteiger partial charge >= 0.3 is 0 Å². The smallest absolute Gasteiger partial charge is 0.273 e. The van der Waals surface area contributed by atoms with Gasteiger partial charge in [0.2, 0.25) is 0 Å². The van der Waals surface area contributed by atoms with E-state index in [4.69, 9.17) is 0 Å². The van der Waals surface area contributed by atoms with Crippen LogP contribution in [0.2, 0.25) is 0 Å². The van der Waals surface area contributed by atoms with Crippen LogP contribution in [0.1, 0.15) is 35.7 Å². The zero-order valence-corrected chi connectivity index (χ0v) is 17.1. The second-order valence-electron chi connectivity index (χ2n) is 6.69. The van der Waals surface area contributed by atoms with Gasteiger partial charge in [0, 0.05) is 23.7 Å². The van der Waals surface area contributed by atoms with Crippen molar-refractivity contribution in [2.45, 2.75) is 38.4 Å². The lowest BCUT2D eigenvalue weighted by Crippen LogP contribution is -2.24. The minimum Gasteiger partial charge on any atom is -0.293 e. The second kappa shape index (κ2) is 9.00. The maximum absolute atomic E-state index is 12.9. The van der Waals surface area contributed by atoms with Gasteiger partial charge in [0.15, 0.2) is 10.9 Å². The number of hydrogen-bond donors (Lipinski definition) is 0. The Morgan fingerprint density at radius 2 is 2.00 bits per heavy atom. The van der Waals surface area contributed by atoms with Gasteiger partial charge in [-0.15, -0.1) is 0 Å². The molecule has 2 aromatic carbocycles. The lowest BCUT2D eigenvalue weighted by atomic mass is 10.1. The van der Waals surface area contributed by atoms with Crippen molar-refractivity contribution < 1.29 is 9.72 Å². The van der Waals surface area contributed by atoms with Gasteiger partial charge in [0.1, 0.15) is 0 Å². The van der Waals surface area contributed by atoms with Crippen LogP contribution in [-0.2, 0) is 6.54 Å². The molecule has 8 heteroatoms. The van der Waals surface area contributed by atoms with Gasteiger partial charge in [-0.05, 0) is 25.5 Å². The quantitative estimate of drug-likeness (QED) is 0.179. The number of thioether (sulfide) groups is 1. The lowest BCUT2D eigenvalue weighted by molar-refractivity contribution is -0.385. The number of nitro benzene ring substituents is 1. The molecule has 0 amide bonds. The summed E-state index contributed by atoms with van der Waals surface area (Å²) in [6.07, 6.45) is 1.75. The topological polar surface area (TPSA) is 95.1 Å². The Morgan fingerprint density at radius 3 is 2.72 bits per heavy atom. The van der Waals surface area contributed by atoms with Gasteiger partial charge in [0.25, 0.3) is 11.2 Å². The summed E-state index contributed by atoms with van der Waals surface area (Å²) in [7, 11) is 0. The molecule has 0 atom stereocenters. The Balaban J connectivity index is 1.89. The van der Waals surface area contributed by atoms with Gasteiger partial charge in [-0.1, -0.05) is 49.4 Å². The maximum atomic E-state index is 12.9. The molecule has 0 bridgehead atoms. The molecular weight excluding hydrogens is 390 g/mol. The standard InChI is InChI=1S/C21H21N3O4S/c1-3-4-11-23-20(26)16-7-5-6-8-17(16)22-21(23)29-13-19(25)15-10-9-14(2)18(12-15)24(27)28/h5-10,12H,3-4,11,13H2,1-2H3. The average Bonchev–Trinajstić information content (AvgIpc) is 2.71. The van der Waals surface area contributed by atoms with Crippen molar-refractivity contribution in [3.05, 3.63) is 74.1 Å². The van der Waals surface area contributed by atoms with Crippen molar-refractivity contribution in [1.82, 2.24) is 9.55 Å². The number of carbonyl (C=O) groups is 1. The maximum Gasteiger partial charge on any atom is 0.273 e. The molecule has 1 aromatic heterocycles. The fraction of sp³-hybridized carbons (Fsp3) is 0.286. The van der Waals surface area contributed by atoms with Gasteiger partial charge in [0.05, 0.1) is 21.6 Å². The van der Waals surface area contributed by atoms with Gasteiger partial charge in [-0.3, -0.25) is 24.3 Å². The van der Waals surface area contributed by atoms with E-state index in [1.54, 1.807) is 41.8 Å². The molecule has 0 spiro atoms. The Bertz CT molecular complexity index is 1140. The van der Waals surface area contributed by atoms with E-state index in [0.29, 0.717) is 28.2 Å². The van der Waals surface area contributed by atoms with Crippen LogP contribution in [0.5, 0.6) is 0 Å². The first-order valence-corrected chi connectivity index (χ1v) is 10.3. The molecule has 7 nitrogen and oxygen atoms in total. The highest BCUT2D eigenvalue weighted by Gasteiger charge is 2.17. The van der Waals surface area contributed by atoms with E-state index in [0.717, 1.165) is 12.8 Å². The summed E-state index contributed by atoms with van der Waals surface area (Å²) in [5.74, 6) is -0.209. The number of nitro groups is 1. The average molecular weight is 411 g/mol. The molecule has 1 heterocycles. The number of carbonyl (C=O) groups excluding carboxylic acids is 1. The molecule has 0 saturated heterocycles. The molecule has 3 rings (SSSR count). The highest BCUT2D eigenvalue weighted by Crippen LogP contribution is 2.23. The molecule has 0 unspecified atom stereocenters. The van der Waals surface area contributed by atoms with Crippen molar-refractivity contribution in [2.75, 3.05) is 5.75 Å². The third kappa shape index (κ3) is 4.54. The van der Waals surface area contributed by atoms with Gasteiger partial charge < -0.3 is 0 Å². The number of unbranched alkanes of at least 4 members (excludes halogenated alkanes) is 1. The van der Waals surface area contributed by atoms with E-state index < -0.39 is 4.92 Å². The second-order valence-corrected chi connectivity index (χ2v) is 7.63. The fourth-order valence-corrected chi connectivity index (χ4v) is 3.88. The Labute approximate surface area is 171 Å². The molecule has 150 valence electrons. The number of para-hydroxylation sites is 1. The molecule has 0 aliphatic heterocycles. The summed E-state index contributed by atoms with van der Waals surface area (Å²) < 4.78 is 1.61. The third-order valence-electron chi connectivity index (χ3n) is 4.62. The number of hydrogen-bond acceptors (Lipinski definition) is 6. The molecule has 0 N–H and O–H groups in total. The minimum absolute atomic E-state index is 0.0388. The van der Waals surface area contributed by atoms with E-state index in [-0.39, 0.29) is 28.3 Å². The number of rotatable bonds is 8. The van der Waals surface area contributed by atoms with Crippen LogP contribution in [0.4, 0.5) is 5.69 Å². The van der Waals surface area contributed by atoms with Crippen molar-refractivity contribution >= 4 is 34.1 Å². The summed E-state index contributed by atoms with van der Waals surface area (Å²) in [6, 6.07) is 11.6. The molecule has 29 heavy (non-hydrogen) atoms. The van der Waals surface area contributed by atoms with Crippen molar-refractivity contribution in [2.24, 2.45) is 0 Å². The predicted molar refractivity (Wildman–Crippen MR) is 114 cm³/mol. The van der Waals surface area contributed by atoms with E-state index in [1.165, 1.54) is 17.8 Å². The van der Waals surface area contributed by atoms with Crippen LogP contribution >= 0.6 is 11.8 Å². The Hall–Kier alpha value is -3.00. The van der Waals surface area contributed by atoms with Gasteiger partial charge in [-0.25, -0.2) is 4.98 Å². The molecule has 0 saturated carbocycles. The Kier molecular flexibility index (Phi) is 6.43. The summed E-state index contributed by atoms with van der Waals surface area (Å²) in [4.78, 5) is 40.7. The largest absolute Gasteiger partial charge is 0.293 e. The first-order valence-electron chi connectivity index (χ1n) is 9.33.